The summed E-state index contributed by atoms with van der Waals surface area (Å²) in [5.74, 6) is 0.777. The first kappa shape index (κ1) is 11.0. The number of rotatable bonds is 3. The van der Waals surface area contributed by atoms with Crippen LogP contribution in [-0.2, 0) is 4.79 Å². The van der Waals surface area contributed by atoms with Gasteiger partial charge in [0.25, 0.3) is 5.91 Å². The summed E-state index contributed by atoms with van der Waals surface area (Å²) < 4.78 is 5.53. The molecule has 0 radical (unpaired) electrons. The van der Waals surface area contributed by atoms with Crippen molar-refractivity contribution in [2.45, 2.75) is 19.4 Å². The maximum Gasteiger partial charge on any atom is 0.267 e. The van der Waals surface area contributed by atoms with Crippen molar-refractivity contribution >= 4 is 11.6 Å². The molecule has 2 rings (SSSR count). The van der Waals surface area contributed by atoms with Crippen molar-refractivity contribution < 1.29 is 9.53 Å². The molecule has 86 valence electrons. The average molecular weight is 220 g/mol. The summed E-state index contributed by atoms with van der Waals surface area (Å²) in [5, 5.41) is 0. The van der Waals surface area contributed by atoms with Gasteiger partial charge in [-0.3, -0.25) is 4.79 Å². The summed E-state index contributed by atoms with van der Waals surface area (Å²) in [6.45, 7) is 3.01. The second kappa shape index (κ2) is 4.53. The molecule has 0 spiro atoms. The van der Waals surface area contributed by atoms with Crippen LogP contribution >= 0.6 is 0 Å². The van der Waals surface area contributed by atoms with Gasteiger partial charge in [0.15, 0.2) is 6.10 Å². The number of anilines is 1. The van der Waals surface area contributed by atoms with Crippen LogP contribution in [-0.4, -0.2) is 25.1 Å². The maximum absolute atomic E-state index is 12.0. The average Bonchev–Trinajstić information content (AvgIpc) is 2.30. The molecule has 0 saturated heterocycles. The Balaban J connectivity index is 2.30. The molecule has 0 fully saturated rings. The van der Waals surface area contributed by atoms with Crippen molar-refractivity contribution in [2.24, 2.45) is 5.73 Å². The van der Waals surface area contributed by atoms with Crippen LogP contribution in [0.1, 0.15) is 13.3 Å². The normalized spacial score (nSPS) is 19.2. The van der Waals surface area contributed by atoms with E-state index >= 15 is 0 Å². The highest BCUT2D eigenvalue weighted by atomic mass is 16.5. The van der Waals surface area contributed by atoms with Gasteiger partial charge in [0.2, 0.25) is 0 Å². The molecule has 0 bridgehead atoms. The van der Waals surface area contributed by atoms with Crippen molar-refractivity contribution in [3.63, 3.8) is 0 Å². The highest BCUT2D eigenvalue weighted by molar-refractivity contribution is 5.99. The number of carbonyl (C=O) groups is 1. The number of fused-ring (bicyclic) bond motifs is 1. The smallest absolute Gasteiger partial charge is 0.267 e. The monoisotopic (exact) mass is 220 g/mol. The van der Waals surface area contributed by atoms with E-state index in [0.29, 0.717) is 13.1 Å². The highest BCUT2D eigenvalue weighted by Gasteiger charge is 2.30. The molecule has 16 heavy (non-hydrogen) atoms. The molecule has 1 heterocycles. The summed E-state index contributed by atoms with van der Waals surface area (Å²) in [5.41, 5.74) is 6.32. The van der Waals surface area contributed by atoms with E-state index in [1.54, 1.807) is 11.8 Å². The van der Waals surface area contributed by atoms with E-state index in [0.717, 1.165) is 17.9 Å². The van der Waals surface area contributed by atoms with Crippen molar-refractivity contribution in [3.05, 3.63) is 24.3 Å². The van der Waals surface area contributed by atoms with E-state index in [9.17, 15) is 4.79 Å². The second-order valence-corrected chi connectivity index (χ2v) is 3.86. The predicted octanol–water partition coefficient (Wildman–Crippen LogP) is 1.15. The fourth-order valence-electron chi connectivity index (χ4n) is 1.84. The van der Waals surface area contributed by atoms with Gasteiger partial charge in [0.1, 0.15) is 5.75 Å². The summed E-state index contributed by atoms with van der Waals surface area (Å²) in [6.07, 6.45) is 0.389. The first-order valence-corrected chi connectivity index (χ1v) is 5.51. The molecule has 1 amide bonds. The Labute approximate surface area is 95.0 Å². The molecule has 0 saturated carbocycles. The highest BCUT2D eigenvalue weighted by Crippen LogP contribution is 2.33. The van der Waals surface area contributed by atoms with Crippen LogP contribution in [0.4, 0.5) is 5.69 Å². The van der Waals surface area contributed by atoms with Gasteiger partial charge in [-0.15, -0.1) is 0 Å². The third-order valence-electron chi connectivity index (χ3n) is 2.66. The van der Waals surface area contributed by atoms with Crippen LogP contribution in [0.5, 0.6) is 5.75 Å². The van der Waals surface area contributed by atoms with Crippen LogP contribution in [0.2, 0.25) is 0 Å². The Hall–Kier alpha value is -1.55. The maximum atomic E-state index is 12.0. The Bertz CT molecular complexity index is 392. The molecule has 4 heteroatoms. The number of nitrogens with two attached hydrogens (primary N) is 1. The van der Waals surface area contributed by atoms with Gasteiger partial charge < -0.3 is 15.4 Å². The second-order valence-electron chi connectivity index (χ2n) is 3.86. The van der Waals surface area contributed by atoms with E-state index in [1.165, 1.54) is 0 Å². The largest absolute Gasteiger partial charge is 0.479 e. The van der Waals surface area contributed by atoms with Crippen LogP contribution < -0.4 is 15.4 Å². The lowest BCUT2D eigenvalue weighted by Gasteiger charge is -2.32. The molecular weight excluding hydrogens is 204 g/mol. The SMILES string of the molecule is CC1Oc2ccccc2N(CCCN)C1=O. The Morgan fingerprint density at radius 2 is 2.19 bits per heavy atom. The number of nitrogens with zero attached hydrogens (tertiary/aromatic N) is 1. The van der Waals surface area contributed by atoms with E-state index < -0.39 is 6.10 Å². The summed E-state index contributed by atoms with van der Waals surface area (Å²) in [4.78, 5) is 13.7. The van der Waals surface area contributed by atoms with Gasteiger partial charge in [-0.25, -0.2) is 0 Å². The standard InChI is InChI=1S/C12H16N2O2/c1-9-12(15)14(8-4-7-13)10-5-2-3-6-11(10)16-9/h2-3,5-6,9H,4,7-8,13H2,1H3. The lowest BCUT2D eigenvalue weighted by atomic mass is 10.2. The third kappa shape index (κ3) is 1.88. The number of carbonyl (C=O) groups excluding carboxylic acids is 1. The first-order valence-electron chi connectivity index (χ1n) is 5.51. The number of ether oxygens (including phenoxy) is 1. The van der Waals surface area contributed by atoms with E-state index in [1.807, 2.05) is 24.3 Å². The number of hydrogen-bond donors (Lipinski definition) is 1. The number of amides is 1. The Morgan fingerprint density at radius 3 is 2.94 bits per heavy atom. The molecular formula is C12H16N2O2. The minimum absolute atomic E-state index is 0.00662. The summed E-state index contributed by atoms with van der Waals surface area (Å²) >= 11 is 0. The molecule has 1 unspecified atom stereocenters. The zero-order valence-electron chi connectivity index (χ0n) is 9.35. The molecule has 0 aliphatic carbocycles. The van der Waals surface area contributed by atoms with Gasteiger partial charge in [-0.2, -0.15) is 0 Å². The van der Waals surface area contributed by atoms with Crippen LogP contribution in [0.3, 0.4) is 0 Å². The van der Waals surface area contributed by atoms with Crippen LogP contribution in [0, 0.1) is 0 Å². The molecule has 4 nitrogen and oxygen atoms in total. The lowest BCUT2D eigenvalue weighted by molar-refractivity contribution is -0.125. The zero-order valence-corrected chi connectivity index (χ0v) is 9.35. The van der Waals surface area contributed by atoms with Gasteiger partial charge in [0, 0.05) is 6.54 Å². The molecule has 0 aromatic heterocycles. The van der Waals surface area contributed by atoms with Gasteiger partial charge in [-0.05, 0) is 32.0 Å². The van der Waals surface area contributed by atoms with Gasteiger partial charge in [0.05, 0.1) is 5.69 Å². The van der Waals surface area contributed by atoms with Crippen molar-refractivity contribution in [3.8, 4) is 5.75 Å². The fraction of sp³-hybridized carbons (Fsp3) is 0.417. The number of hydrogen-bond acceptors (Lipinski definition) is 3. The van der Waals surface area contributed by atoms with Crippen molar-refractivity contribution in [2.75, 3.05) is 18.0 Å². The predicted molar refractivity (Wildman–Crippen MR) is 62.6 cm³/mol. The van der Waals surface area contributed by atoms with Gasteiger partial charge >= 0.3 is 0 Å². The third-order valence-corrected chi connectivity index (χ3v) is 2.66. The minimum Gasteiger partial charge on any atom is -0.479 e. The summed E-state index contributed by atoms with van der Waals surface area (Å²) in [7, 11) is 0. The zero-order chi connectivity index (χ0) is 11.5. The lowest BCUT2D eigenvalue weighted by Crippen LogP contribution is -2.45. The van der Waals surface area contributed by atoms with Crippen LogP contribution in [0.25, 0.3) is 0 Å². The van der Waals surface area contributed by atoms with E-state index in [4.69, 9.17) is 10.5 Å². The fourth-order valence-corrected chi connectivity index (χ4v) is 1.84. The molecule has 1 aromatic rings. The van der Waals surface area contributed by atoms with E-state index in [-0.39, 0.29) is 5.91 Å². The molecule has 1 aliphatic heterocycles. The Kier molecular flexibility index (Phi) is 3.10. The molecule has 1 atom stereocenters. The first-order chi connectivity index (χ1) is 7.74. The van der Waals surface area contributed by atoms with Crippen LogP contribution in [0.15, 0.2) is 24.3 Å². The molecule has 1 aromatic carbocycles. The van der Waals surface area contributed by atoms with Gasteiger partial charge in [-0.1, -0.05) is 12.1 Å². The van der Waals surface area contributed by atoms with E-state index in [2.05, 4.69) is 0 Å². The molecule has 2 N–H and O–H groups in total. The quantitative estimate of drug-likeness (QED) is 0.831. The van der Waals surface area contributed by atoms with Crippen molar-refractivity contribution in [1.29, 1.82) is 0 Å². The van der Waals surface area contributed by atoms with Crippen molar-refractivity contribution in [1.82, 2.24) is 0 Å². The number of benzene rings is 1. The molecule has 1 aliphatic rings. The minimum atomic E-state index is -0.410. The topological polar surface area (TPSA) is 55.6 Å². The number of para-hydroxylation sites is 2. The Morgan fingerprint density at radius 1 is 1.44 bits per heavy atom. The summed E-state index contributed by atoms with van der Waals surface area (Å²) in [6, 6.07) is 7.59.